The van der Waals surface area contributed by atoms with Crippen LogP contribution in [0, 0.1) is 0 Å². The van der Waals surface area contributed by atoms with Gasteiger partial charge in [-0.15, -0.1) is 0 Å². The Balaban J connectivity index is 2.37. The molecule has 2 aliphatic heterocycles. The molecular formula is C9H11NO2. The van der Waals surface area contributed by atoms with Gasteiger partial charge in [0.15, 0.2) is 0 Å². The monoisotopic (exact) mass is 165 g/mol. The summed E-state index contributed by atoms with van der Waals surface area (Å²) in [4.78, 5) is 23.6. The summed E-state index contributed by atoms with van der Waals surface area (Å²) in [5, 5.41) is 0. The molecule has 2 aliphatic rings. The van der Waals surface area contributed by atoms with E-state index in [9.17, 15) is 9.59 Å². The standard InChI is InChI=1S/C9H11NO2/c11-6-7-2-1-5-10-8(7)3-4-9(10)12/h6H,1-5H2. The fourth-order valence-electron chi connectivity index (χ4n) is 1.94. The molecule has 3 nitrogen and oxygen atoms in total. The number of hydrogen-bond donors (Lipinski definition) is 0. The zero-order valence-corrected chi connectivity index (χ0v) is 6.88. The molecule has 1 saturated heterocycles. The van der Waals surface area contributed by atoms with Gasteiger partial charge < -0.3 is 4.90 Å². The Morgan fingerprint density at radius 3 is 2.83 bits per heavy atom. The third-order valence-corrected chi connectivity index (χ3v) is 2.54. The van der Waals surface area contributed by atoms with Crippen molar-refractivity contribution in [2.24, 2.45) is 0 Å². The Morgan fingerprint density at radius 1 is 1.25 bits per heavy atom. The highest BCUT2D eigenvalue weighted by molar-refractivity contribution is 5.85. The van der Waals surface area contributed by atoms with Crippen LogP contribution in [0.3, 0.4) is 0 Å². The minimum absolute atomic E-state index is 0.184. The molecule has 0 aliphatic carbocycles. The van der Waals surface area contributed by atoms with Gasteiger partial charge >= 0.3 is 0 Å². The van der Waals surface area contributed by atoms with E-state index in [1.807, 2.05) is 0 Å². The third kappa shape index (κ3) is 0.967. The lowest BCUT2D eigenvalue weighted by Crippen LogP contribution is -2.28. The molecule has 0 atom stereocenters. The molecule has 0 aromatic carbocycles. The van der Waals surface area contributed by atoms with Crippen LogP contribution in [-0.4, -0.2) is 23.6 Å². The highest BCUT2D eigenvalue weighted by Crippen LogP contribution is 2.30. The van der Waals surface area contributed by atoms with E-state index in [4.69, 9.17) is 0 Å². The van der Waals surface area contributed by atoms with Crippen LogP contribution in [0.2, 0.25) is 0 Å². The van der Waals surface area contributed by atoms with E-state index < -0.39 is 0 Å². The van der Waals surface area contributed by atoms with Gasteiger partial charge in [0, 0.05) is 24.2 Å². The van der Waals surface area contributed by atoms with Crippen LogP contribution in [0.1, 0.15) is 25.7 Å². The number of fused-ring (bicyclic) bond motifs is 1. The zero-order chi connectivity index (χ0) is 8.55. The van der Waals surface area contributed by atoms with Crippen LogP contribution in [0.4, 0.5) is 0 Å². The average molecular weight is 165 g/mol. The molecular weight excluding hydrogens is 154 g/mol. The van der Waals surface area contributed by atoms with Crippen molar-refractivity contribution in [2.75, 3.05) is 6.54 Å². The number of rotatable bonds is 1. The van der Waals surface area contributed by atoms with Crippen molar-refractivity contribution in [1.29, 1.82) is 0 Å². The summed E-state index contributed by atoms with van der Waals surface area (Å²) < 4.78 is 0. The van der Waals surface area contributed by atoms with Crippen molar-refractivity contribution >= 4 is 12.2 Å². The second-order valence-electron chi connectivity index (χ2n) is 3.24. The molecule has 64 valence electrons. The van der Waals surface area contributed by atoms with Gasteiger partial charge in [-0.1, -0.05) is 0 Å². The van der Waals surface area contributed by atoms with Gasteiger partial charge in [-0.2, -0.15) is 0 Å². The lowest BCUT2D eigenvalue weighted by atomic mass is 10.0. The Bertz CT molecular complexity index is 268. The molecule has 12 heavy (non-hydrogen) atoms. The largest absolute Gasteiger partial charge is 0.316 e. The van der Waals surface area contributed by atoms with E-state index in [1.54, 1.807) is 4.90 Å². The third-order valence-electron chi connectivity index (χ3n) is 2.54. The van der Waals surface area contributed by atoms with Crippen LogP contribution in [0.25, 0.3) is 0 Å². The summed E-state index contributed by atoms with van der Waals surface area (Å²) in [7, 11) is 0. The summed E-state index contributed by atoms with van der Waals surface area (Å²) in [5.74, 6) is 0.184. The first-order valence-corrected chi connectivity index (χ1v) is 4.30. The topological polar surface area (TPSA) is 37.4 Å². The van der Waals surface area contributed by atoms with Gasteiger partial charge in [-0.3, -0.25) is 9.59 Å². The molecule has 2 rings (SSSR count). The number of allylic oxidation sites excluding steroid dienone is 2. The van der Waals surface area contributed by atoms with Crippen molar-refractivity contribution in [3.05, 3.63) is 11.3 Å². The van der Waals surface area contributed by atoms with Gasteiger partial charge in [0.1, 0.15) is 6.29 Å². The van der Waals surface area contributed by atoms with Gasteiger partial charge in [0.2, 0.25) is 5.91 Å². The molecule has 1 fully saturated rings. The van der Waals surface area contributed by atoms with E-state index in [1.165, 1.54) is 0 Å². The molecule has 0 bridgehead atoms. The first kappa shape index (κ1) is 7.53. The van der Waals surface area contributed by atoms with Crippen LogP contribution in [0.5, 0.6) is 0 Å². The molecule has 1 amide bonds. The SMILES string of the molecule is O=CC1=C2CCC(=O)N2CCC1. The second kappa shape index (κ2) is 2.73. The van der Waals surface area contributed by atoms with Gasteiger partial charge in [0.05, 0.1) is 0 Å². The first-order chi connectivity index (χ1) is 5.83. The fraction of sp³-hybridized carbons (Fsp3) is 0.556. The molecule has 0 aromatic heterocycles. The van der Waals surface area contributed by atoms with Crippen molar-refractivity contribution in [1.82, 2.24) is 4.90 Å². The number of carbonyl (C=O) groups excluding carboxylic acids is 2. The maximum Gasteiger partial charge on any atom is 0.227 e. The Morgan fingerprint density at radius 2 is 2.08 bits per heavy atom. The van der Waals surface area contributed by atoms with Crippen LogP contribution in [-0.2, 0) is 9.59 Å². The summed E-state index contributed by atoms with van der Waals surface area (Å²) in [6.45, 7) is 0.811. The number of aldehydes is 1. The number of carbonyl (C=O) groups is 2. The molecule has 0 unspecified atom stereocenters. The second-order valence-corrected chi connectivity index (χ2v) is 3.24. The fourth-order valence-corrected chi connectivity index (χ4v) is 1.94. The molecule has 0 saturated carbocycles. The Kier molecular flexibility index (Phi) is 1.71. The Hall–Kier alpha value is -1.12. The first-order valence-electron chi connectivity index (χ1n) is 4.30. The molecule has 3 heteroatoms. The van der Waals surface area contributed by atoms with Crippen molar-refractivity contribution in [3.63, 3.8) is 0 Å². The van der Waals surface area contributed by atoms with Crippen molar-refractivity contribution < 1.29 is 9.59 Å². The molecule has 0 radical (unpaired) electrons. The lowest BCUT2D eigenvalue weighted by molar-refractivity contribution is -0.126. The summed E-state index contributed by atoms with van der Waals surface area (Å²) in [6, 6.07) is 0. The van der Waals surface area contributed by atoms with E-state index in [2.05, 4.69) is 0 Å². The van der Waals surface area contributed by atoms with Crippen molar-refractivity contribution in [2.45, 2.75) is 25.7 Å². The minimum Gasteiger partial charge on any atom is -0.316 e. The average Bonchev–Trinajstić information content (AvgIpc) is 2.48. The predicted molar refractivity (Wildman–Crippen MR) is 43.3 cm³/mol. The van der Waals surface area contributed by atoms with Gasteiger partial charge in [-0.05, 0) is 19.3 Å². The summed E-state index contributed by atoms with van der Waals surface area (Å²) in [6.07, 6.45) is 4.05. The maximum absolute atomic E-state index is 11.2. The van der Waals surface area contributed by atoms with Gasteiger partial charge in [-0.25, -0.2) is 0 Å². The van der Waals surface area contributed by atoms with Crippen LogP contribution in [0.15, 0.2) is 11.3 Å². The molecule has 0 spiro atoms. The molecule has 2 heterocycles. The minimum atomic E-state index is 0.184. The summed E-state index contributed by atoms with van der Waals surface area (Å²) >= 11 is 0. The van der Waals surface area contributed by atoms with E-state index in [0.29, 0.717) is 6.42 Å². The number of amides is 1. The molecule has 0 N–H and O–H groups in total. The smallest absolute Gasteiger partial charge is 0.227 e. The van der Waals surface area contributed by atoms with Crippen LogP contribution >= 0.6 is 0 Å². The number of nitrogens with zero attached hydrogens (tertiary/aromatic N) is 1. The van der Waals surface area contributed by atoms with E-state index in [-0.39, 0.29) is 5.91 Å². The quantitative estimate of drug-likeness (QED) is 0.540. The Labute approximate surface area is 71.0 Å². The molecule has 0 aromatic rings. The van der Waals surface area contributed by atoms with Crippen molar-refractivity contribution in [3.8, 4) is 0 Å². The highest BCUT2D eigenvalue weighted by atomic mass is 16.2. The zero-order valence-electron chi connectivity index (χ0n) is 6.88. The van der Waals surface area contributed by atoms with E-state index >= 15 is 0 Å². The maximum atomic E-state index is 11.2. The van der Waals surface area contributed by atoms with Crippen LogP contribution < -0.4 is 0 Å². The van der Waals surface area contributed by atoms with Gasteiger partial charge in [0.25, 0.3) is 0 Å². The highest BCUT2D eigenvalue weighted by Gasteiger charge is 2.30. The summed E-state index contributed by atoms with van der Waals surface area (Å²) in [5.41, 5.74) is 1.83. The lowest BCUT2D eigenvalue weighted by Gasteiger charge is -2.24. The normalized spacial score (nSPS) is 23.0. The number of hydrogen-bond acceptors (Lipinski definition) is 2. The predicted octanol–water partition coefficient (Wildman–Crippen LogP) is 0.856. The van der Waals surface area contributed by atoms with E-state index in [0.717, 1.165) is 43.4 Å².